The molecule has 5 heteroatoms. The van der Waals surface area contributed by atoms with E-state index in [9.17, 15) is 0 Å². The maximum absolute atomic E-state index is 5.39. The molecule has 0 aromatic carbocycles. The summed E-state index contributed by atoms with van der Waals surface area (Å²) < 4.78 is 5.39. The molecule has 0 saturated carbocycles. The van der Waals surface area contributed by atoms with Crippen LogP contribution in [0, 0.1) is 0 Å². The summed E-state index contributed by atoms with van der Waals surface area (Å²) in [5.74, 6) is 1.05. The number of likely N-dealkylation sites (tertiary alicyclic amines) is 1. The van der Waals surface area contributed by atoms with Gasteiger partial charge in [0.25, 0.3) is 0 Å². The summed E-state index contributed by atoms with van der Waals surface area (Å²) >= 11 is 1.72. The van der Waals surface area contributed by atoms with Crippen LogP contribution in [0.2, 0.25) is 0 Å². The Labute approximate surface area is 160 Å². The molecular formula is C21H29N3OS. The van der Waals surface area contributed by atoms with E-state index in [1.54, 1.807) is 11.3 Å². The Hall–Kier alpha value is -1.59. The van der Waals surface area contributed by atoms with Crippen molar-refractivity contribution < 1.29 is 4.74 Å². The Balaban J connectivity index is 1.68. The van der Waals surface area contributed by atoms with Crippen molar-refractivity contribution in [1.82, 2.24) is 14.9 Å². The number of piperidine rings is 1. The third kappa shape index (κ3) is 3.12. The van der Waals surface area contributed by atoms with Crippen LogP contribution >= 0.6 is 11.3 Å². The van der Waals surface area contributed by atoms with E-state index < -0.39 is 0 Å². The van der Waals surface area contributed by atoms with Crippen LogP contribution < -0.4 is 0 Å². The molecule has 2 aliphatic heterocycles. The Morgan fingerprint density at radius 3 is 2.85 bits per heavy atom. The summed E-state index contributed by atoms with van der Waals surface area (Å²) in [5, 5.41) is 0. The lowest BCUT2D eigenvalue weighted by Gasteiger charge is -2.43. The van der Waals surface area contributed by atoms with Gasteiger partial charge in [0.1, 0.15) is 17.0 Å². The number of thiazole rings is 1. The second-order valence-electron chi connectivity index (χ2n) is 8.05. The van der Waals surface area contributed by atoms with E-state index in [1.165, 1.54) is 33.6 Å². The second kappa shape index (κ2) is 7.20. The van der Waals surface area contributed by atoms with Crippen molar-refractivity contribution >= 4 is 21.7 Å². The van der Waals surface area contributed by atoms with Crippen LogP contribution in [0.3, 0.4) is 0 Å². The molecule has 0 radical (unpaired) electrons. The molecule has 1 saturated heterocycles. The van der Waals surface area contributed by atoms with Gasteiger partial charge in [0.2, 0.25) is 0 Å². The fraction of sp³-hybridized carbons (Fsp3) is 0.571. The molecule has 1 fully saturated rings. The first kappa shape index (κ1) is 17.8. The molecule has 2 unspecified atom stereocenters. The number of aromatic nitrogens is 2. The average molecular weight is 372 g/mol. The van der Waals surface area contributed by atoms with Gasteiger partial charge in [-0.15, -0.1) is 11.3 Å². The first-order chi connectivity index (χ1) is 12.6. The van der Waals surface area contributed by atoms with Crippen LogP contribution in [0.5, 0.6) is 0 Å². The molecule has 4 rings (SSSR count). The number of hydrogen-bond acceptors (Lipinski definition) is 4. The van der Waals surface area contributed by atoms with E-state index in [4.69, 9.17) is 4.74 Å². The number of rotatable bonds is 4. The highest BCUT2D eigenvalue weighted by Gasteiger charge is 2.35. The number of ether oxygens (including phenoxy) is 1. The summed E-state index contributed by atoms with van der Waals surface area (Å²) in [6.07, 6.45) is 8.62. The lowest BCUT2D eigenvalue weighted by atomic mass is 9.81. The van der Waals surface area contributed by atoms with Crippen molar-refractivity contribution in [3.63, 3.8) is 0 Å². The van der Waals surface area contributed by atoms with Crippen molar-refractivity contribution in [2.45, 2.75) is 64.5 Å². The lowest BCUT2D eigenvalue weighted by molar-refractivity contribution is 0.120. The fourth-order valence-electron chi connectivity index (χ4n) is 4.58. The minimum absolute atomic E-state index is 0.461. The Kier molecular flexibility index (Phi) is 4.93. The Bertz CT molecular complexity index is 830. The first-order valence-corrected chi connectivity index (χ1v) is 10.6. The van der Waals surface area contributed by atoms with E-state index in [1.807, 2.05) is 11.8 Å². The normalized spacial score (nSPS) is 24.5. The Morgan fingerprint density at radius 2 is 2.15 bits per heavy atom. The predicted molar refractivity (Wildman–Crippen MR) is 109 cm³/mol. The topological polar surface area (TPSA) is 41.1 Å². The number of aromatic amines is 1. The van der Waals surface area contributed by atoms with Crippen LogP contribution in [0.4, 0.5) is 0 Å². The zero-order chi connectivity index (χ0) is 18.3. The quantitative estimate of drug-likeness (QED) is 0.805. The van der Waals surface area contributed by atoms with Crippen molar-refractivity contribution in [2.75, 3.05) is 13.2 Å². The average Bonchev–Trinajstić information content (AvgIpc) is 3.22. The second-order valence-corrected chi connectivity index (χ2v) is 8.90. The highest BCUT2D eigenvalue weighted by Crippen LogP contribution is 2.41. The maximum Gasteiger partial charge on any atom is 0.120 e. The number of fused-ring (bicyclic) bond motifs is 1. The highest BCUT2D eigenvalue weighted by molar-refractivity contribution is 7.16. The van der Waals surface area contributed by atoms with Gasteiger partial charge in [-0.3, -0.25) is 4.90 Å². The molecule has 2 aliphatic rings. The SMILES string of the molecule is CC(C)c1c(C2CCN(C(C)C)C(C3=CCOC=C3)C2)[nH]c2scnc12. The molecule has 4 nitrogen and oxygen atoms in total. The summed E-state index contributed by atoms with van der Waals surface area (Å²) in [7, 11) is 0. The van der Waals surface area contributed by atoms with Crippen molar-refractivity contribution in [3.8, 4) is 0 Å². The van der Waals surface area contributed by atoms with Gasteiger partial charge in [-0.25, -0.2) is 4.98 Å². The predicted octanol–water partition coefficient (Wildman–Crippen LogP) is 5.17. The number of nitrogens with one attached hydrogen (secondary N) is 1. The maximum atomic E-state index is 5.39. The smallest absolute Gasteiger partial charge is 0.120 e. The van der Waals surface area contributed by atoms with Crippen LogP contribution in [-0.2, 0) is 4.74 Å². The van der Waals surface area contributed by atoms with E-state index in [0.717, 1.165) is 13.0 Å². The zero-order valence-electron chi connectivity index (χ0n) is 16.2. The third-order valence-electron chi connectivity index (χ3n) is 5.81. The number of hydrogen-bond donors (Lipinski definition) is 1. The molecule has 2 aromatic heterocycles. The number of nitrogens with zero attached hydrogens (tertiary/aromatic N) is 2. The molecule has 0 amide bonds. The minimum atomic E-state index is 0.461. The van der Waals surface area contributed by atoms with Gasteiger partial charge in [-0.2, -0.15) is 0 Å². The van der Waals surface area contributed by atoms with Crippen molar-refractivity contribution in [2.24, 2.45) is 0 Å². The standard InChI is InChI=1S/C21H29N3OS/c1-13(2)18-19(23-21-20(18)22-12-26-21)16-5-8-24(14(3)4)17(11-16)15-6-9-25-10-7-15/h6-7,9,12-14,16-17,23H,5,8,10-11H2,1-4H3. The summed E-state index contributed by atoms with van der Waals surface area (Å²) in [6, 6.07) is 1.01. The van der Waals surface area contributed by atoms with E-state index >= 15 is 0 Å². The monoisotopic (exact) mass is 371 g/mol. The van der Waals surface area contributed by atoms with Crippen molar-refractivity contribution in [3.05, 3.63) is 40.8 Å². The third-order valence-corrected chi connectivity index (χ3v) is 6.55. The molecule has 1 N–H and O–H groups in total. The van der Waals surface area contributed by atoms with Crippen LogP contribution in [0.1, 0.15) is 63.6 Å². The fourth-order valence-corrected chi connectivity index (χ4v) is 5.29. The molecule has 26 heavy (non-hydrogen) atoms. The summed E-state index contributed by atoms with van der Waals surface area (Å²) in [6.45, 7) is 11.0. The molecule has 0 aliphatic carbocycles. The van der Waals surface area contributed by atoms with E-state index in [0.29, 0.717) is 30.5 Å². The van der Waals surface area contributed by atoms with Gasteiger partial charge in [-0.1, -0.05) is 13.8 Å². The molecule has 0 spiro atoms. The van der Waals surface area contributed by atoms with E-state index in [-0.39, 0.29) is 0 Å². The zero-order valence-corrected chi connectivity index (χ0v) is 17.0. The largest absolute Gasteiger partial charge is 0.497 e. The molecule has 2 aromatic rings. The van der Waals surface area contributed by atoms with Gasteiger partial charge < -0.3 is 9.72 Å². The first-order valence-electron chi connectivity index (χ1n) is 9.75. The van der Waals surface area contributed by atoms with Crippen LogP contribution in [0.25, 0.3) is 10.3 Å². The molecular weight excluding hydrogens is 342 g/mol. The van der Waals surface area contributed by atoms with Gasteiger partial charge in [0.05, 0.1) is 11.8 Å². The van der Waals surface area contributed by atoms with Crippen LogP contribution in [-0.4, -0.2) is 40.1 Å². The Morgan fingerprint density at radius 1 is 1.31 bits per heavy atom. The van der Waals surface area contributed by atoms with Crippen molar-refractivity contribution in [1.29, 1.82) is 0 Å². The molecule has 2 atom stereocenters. The van der Waals surface area contributed by atoms with Gasteiger partial charge >= 0.3 is 0 Å². The van der Waals surface area contributed by atoms with Crippen LogP contribution in [0.15, 0.2) is 29.5 Å². The van der Waals surface area contributed by atoms with Gasteiger partial charge in [0, 0.05) is 29.3 Å². The molecule has 4 heterocycles. The lowest BCUT2D eigenvalue weighted by Crippen LogP contribution is -2.47. The molecule has 0 bridgehead atoms. The summed E-state index contributed by atoms with van der Waals surface area (Å²) in [4.78, 5) is 12.3. The molecule has 140 valence electrons. The summed E-state index contributed by atoms with van der Waals surface area (Å²) in [5.41, 5.74) is 7.41. The minimum Gasteiger partial charge on any atom is -0.497 e. The highest BCUT2D eigenvalue weighted by atomic mass is 32.1. The van der Waals surface area contributed by atoms with Gasteiger partial charge in [-0.05, 0) is 56.9 Å². The van der Waals surface area contributed by atoms with Gasteiger partial charge in [0.15, 0.2) is 0 Å². The van der Waals surface area contributed by atoms with E-state index in [2.05, 4.69) is 54.7 Å². The number of H-pyrrole nitrogens is 1.